The van der Waals surface area contributed by atoms with Gasteiger partial charge in [0.2, 0.25) is 0 Å². The van der Waals surface area contributed by atoms with Crippen molar-refractivity contribution in [2.24, 2.45) is 10.8 Å². The molecule has 5 atom stereocenters. The number of nitro groups is 1. The molecule has 30 heavy (non-hydrogen) atoms. The number of nitrogens with one attached hydrogen (secondary N) is 1. The highest BCUT2D eigenvalue weighted by molar-refractivity contribution is 14.1. The number of aromatic amines is 1. The summed E-state index contributed by atoms with van der Waals surface area (Å²) in [6.07, 6.45) is -3.21. The summed E-state index contributed by atoms with van der Waals surface area (Å²) >= 11 is 1.70. The molecule has 0 aliphatic carbocycles. The molecule has 2 heterocycles. The van der Waals surface area contributed by atoms with Crippen LogP contribution in [0.15, 0.2) is 6.20 Å². The molecule has 1 aliphatic rings. The Balaban J connectivity index is 2.46. The van der Waals surface area contributed by atoms with E-state index in [-0.39, 0.29) is 5.69 Å². The second-order valence-corrected chi connectivity index (χ2v) is 10.3. The first-order valence-corrected chi connectivity index (χ1v) is 10.5. The highest BCUT2D eigenvalue weighted by Gasteiger charge is 2.55. The Morgan fingerprint density at radius 3 is 2.10 bits per heavy atom. The highest BCUT2D eigenvalue weighted by atomic mass is 127. The Kier molecular flexibility index (Phi) is 7.13. The molecule has 1 fully saturated rings. The van der Waals surface area contributed by atoms with Gasteiger partial charge in [-0.15, -0.1) is 0 Å². The van der Waals surface area contributed by atoms with Crippen LogP contribution in [-0.4, -0.2) is 54.4 Å². The number of aromatic nitrogens is 2. The summed E-state index contributed by atoms with van der Waals surface area (Å²) in [5.41, 5.74) is -1.57. The molecule has 11 nitrogen and oxygen atoms in total. The third-order valence-corrected chi connectivity index (χ3v) is 5.00. The van der Waals surface area contributed by atoms with Gasteiger partial charge >= 0.3 is 17.9 Å². The van der Waals surface area contributed by atoms with Gasteiger partial charge in [-0.25, -0.2) is 4.98 Å². The number of esters is 2. The predicted octanol–water partition coefficient (Wildman–Crippen LogP) is 2.43. The molecule has 1 aromatic heterocycles. The minimum Gasteiger partial charge on any atom is -0.455 e. The SMILES string of the molecule is CC(C)(C)C(=O)O[C@H]1[C@H](OC(=O)C(C)(C)C)[C@H](c2cnc([N+](=O)[O-])[nH]2)O[C@@H]1C(O)I. The number of H-pyrrole nitrogens is 1. The lowest BCUT2D eigenvalue weighted by Crippen LogP contribution is -2.45. The van der Waals surface area contributed by atoms with Crippen LogP contribution in [0.2, 0.25) is 0 Å². The molecule has 0 bridgehead atoms. The largest absolute Gasteiger partial charge is 0.455 e. The van der Waals surface area contributed by atoms with Crippen LogP contribution >= 0.6 is 22.6 Å². The topological polar surface area (TPSA) is 154 Å². The molecule has 1 aliphatic heterocycles. The van der Waals surface area contributed by atoms with Crippen molar-refractivity contribution in [2.75, 3.05) is 0 Å². The molecule has 168 valence electrons. The summed E-state index contributed by atoms with van der Waals surface area (Å²) in [7, 11) is 0. The van der Waals surface area contributed by atoms with E-state index in [1.165, 1.54) is 6.20 Å². The number of alkyl halides is 1. The normalized spacial score (nSPS) is 25.6. The highest BCUT2D eigenvalue weighted by Crippen LogP contribution is 2.41. The lowest BCUT2D eigenvalue weighted by molar-refractivity contribution is -0.393. The number of ether oxygens (including phenoxy) is 3. The van der Waals surface area contributed by atoms with E-state index in [1.807, 2.05) is 0 Å². The smallest absolute Gasteiger partial charge is 0.432 e. The number of imidazole rings is 1. The van der Waals surface area contributed by atoms with E-state index in [4.69, 9.17) is 14.2 Å². The van der Waals surface area contributed by atoms with Crippen molar-refractivity contribution in [1.29, 1.82) is 0 Å². The number of aliphatic hydroxyl groups excluding tert-OH is 1. The summed E-state index contributed by atoms with van der Waals surface area (Å²) in [5, 5.41) is 21.2. The predicted molar refractivity (Wildman–Crippen MR) is 112 cm³/mol. The number of hydrogen-bond donors (Lipinski definition) is 2. The van der Waals surface area contributed by atoms with Crippen molar-refractivity contribution in [3.8, 4) is 0 Å². The lowest BCUT2D eigenvalue weighted by Gasteiger charge is -2.29. The quantitative estimate of drug-likeness (QED) is 0.189. The summed E-state index contributed by atoms with van der Waals surface area (Å²) in [5.74, 6) is -1.68. The van der Waals surface area contributed by atoms with E-state index in [1.54, 1.807) is 64.1 Å². The van der Waals surface area contributed by atoms with Crippen LogP contribution in [0.3, 0.4) is 0 Å². The molecular formula is C18H26IN3O8. The lowest BCUT2D eigenvalue weighted by atomic mass is 9.96. The van der Waals surface area contributed by atoms with Gasteiger partial charge in [0, 0.05) is 0 Å². The van der Waals surface area contributed by atoms with Crippen LogP contribution in [-0.2, 0) is 23.8 Å². The maximum absolute atomic E-state index is 12.6. The van der Waals surface area contributed by atoms with Gasteiger partial charge in [0.1, 0.15) is 22.1 Å². The van der Waals surface area contributed by atoms with Crippen LogP contribution in [0, 0.1) is 20.9 Å². The first-order valence-electron chi connectivity index (χ1n) is 9.22. The minimum atomic E-state index is -1.16. The fourth-order valence-electron chi connectivity index (χ4n) is 2.58. The zero-order chi connectivity index (χ0) is 23.0. The average Bonchev–Trinajstić information content (AvgIpc) is 3.19. The third kappa shape index (κ3) is 5.46. The van der Waals surface area contributed by atoms with Gasteiger partial charge in [-0.05, 0) is 69.1 Å². The van der Waals surface area contributed by atoms with E-state index in [0.717, 1.165) is 0 Å². The van der Waals surface area contributed by atoms with Crippen molar-refractivity contribution >= 4 is 40.5 Å². The zero-order valence-corrected chi connectivity index (χ0v) is 19.7. The average molecular weight is 539 g/mol. The van der Waals surface area contributed by atoms with E-state index in [9.17, 15) is 24.8 Å². The van der Waals surface area contributed by atoms with Gasteiger partial charge in [-0.2, -0.15) is 0 Å². The Morgan fingerprint density at radius 1 is 1.20 bits per heavy atom. The molecule has 2 rings (SSSR count). The molecule has 0 radical (unpaired) electrons. The number of rotatable bonds is 5. The molecule has 0 saturated carbocycles. The third-order valence-electron chi connectivity index (χ3n) is 4.29. The van der Waals surface area contributed by atoms with E-state index >= 15 is 0 Å². The summed E-state index contributed by atoms with van der Waals surface area (Å²) in [6, 6.07) is 0. The van der Waals surface area contributed by atoms with E-state index in [0.29, 0.717) is 0 Å². The number of halogens is 1. The molecular weight excluding hydrogens is 513 g/mol. The van der Waals surface area contributed by atoms with Crippen LogP contribution in [0.5, 0.6) is 0 Å². The summed E-state index contributed by atoms with van der Waals surface area (Å²) < 4.78 is 16.0. The van der Waals surface area contributed by atoms with Crippen molar-refractivity contribution in [3.63, 3.8) is 0 Å². The number of carbonyl (C=O) groups is 2. The maximum atomic E-state index is 12.6. The van der Waals surface area contributed by atoms with Crippen LogP contribution in [0.1, 0.15) is 53.3 Å². The molecule has 0 spiro atoms. The molecule has 1 unspecified atom stereocenters. The van der Waals surface area contributed by atoms with Gasteiger partial charge in [-0.3, -0.25) is 9.59 Å². The molecule has 0 aromatic carbocycles. The summed E-state index contributed by atoms with van der Waals surface area (Å²) in [6.45, 7) is 9.94. The number of aliphatic hydroxyl groups is 1. The molecule has 1 aromatic rings. The molecule has 2 N–H and O–H groups in total. The first kappa shape index (κ1) is 24.5. The minimum absolute atomic E-state index is 0.157. The van der Waals surface area contributed by atoms with Crippen molar-refractivity contribution < 1.29 is 33.8 Å². The van der Waals surface area contributed by atoms with Gasteiger partial charge in [0.25, 0.3) is 0 Å². The number of hydrogen-bond acceptors (Lipinski definition) is 9. The van der Waals surface area contributed by atoms with Gasteiger partial charge < -0.3 is 29.4 Å². The fraction of sp³-hybridized carbons (Fsp3) is 0.722. The van der Waals surface area contributed by atoms with Crippen molar-refractivity contribution in [1.82, 2.24) is 9.97 Å². The van der Waals surface area contributed by atoms with Crippen molar-refractivity contribution in [2.45, 2.75) is 70.1 Å². The van der Waals surface area contributed by atoms with Crippen molar-refractivity contribution in [3.05, 3.63) is 22.0 Å². The second kappa shape index (κ2) is 8.75. The number of nitrogens with zero attached hydrogens (tertiary/aromatic N) is 2. The first-order chi connectivity index (χ1) is 13.6. The molecule has 0 amide bonds. The Hall–Kier alpha value is -1.80. The Bertz CT molecular complexity index is 811. The number of carbonyl (C=O) groups excluding carboxylic acids is 2. The molecule has 1 saturated heterocycles. The Morgan fingerprint density at radius 2 is 1.70 bits per heavy atom. The zero-order valence-electron chi connectivity index (χ0n) is 17.5. The van der Waals surface area contributed by atoms with Crippen LogP contribution < -0.4 is 0 Å². The second-order valence-electron chi connectivity index (χ2n) is 9.05. The molecule has 12 heteroatoms. The Labute approximate surface area is 187 Å². The van der Waals surface area contributed by atoms with Gasteiger partial charge in [0.05, 0.1) is 10.8 Å². The van der Waals surface area contributed by atoms with E-state index in [2.05, 4.69) is 9.97 Å². The van der Waals surface area contributed by atoms with Gasteiger partial charge in [0.15, 0.2) is 18.3 Å². The van der Waals surface area contributed by atoms with Crippen LogP contribution in [0.25, 0.3) is 0 Å². The summed E-state index contributed by atoms with van der Waals surface area (Å²) in [4.78, 5) is 41.6. The maximum Gasteiger partial charge on any atom is 0.432 e. The fourth-order valence-corrected chi connectivity index (χ4v) is 3.16. The van der Waals surface area contributed by atoms with Gasteiger partial charge in [-0.1, -0.05) is 4.98 Å². The van der Waals surface area contributed by atoms with Crippen LogP contribution in [0.4, 0.5) is 5.95 Å². The van der Waals surface area contributed by atoms with E-state index < -0.39 is 62.2 Å². The standard InChI is InChI=1S/C18H26IN3O8/c1-17(2,3)14(24)29-10-9(8-7-20-16(21-8)22(26)27)28-12(13(19)23)11(10)30-15(25)18(4,5)6/h7,9-13,23H,1-6H3,(H,20,21)/t9-,10+,11-,12-,13?/m0/s1. The monoisotopic (exact) mass is 539 g/mol.